The fraction of sp³-hybridized carbons (Fsp3) is 0.529. The van der Waals surface area contributed by atoms with E-state index < -0.39 is 16.0 Å². The van der Waals surface area contributed by atoms with Crippen molar-refractivity contribution in [3.05, 3.63) is 29.8 Å². The third kappa shape index (κ3) is 5.27. The maximum absolute atomic E-state index is 12.4. The highest BCUT2D eigenvalue weighted by molar-refractivity contribution is 7.89. The zero-order valence-corrected chi connectivity index (χ0v) is 15.2. The normalized spacial score (nSPS) is 15.2. The summed E-state index contributed by atoms with van der Waals surface area (Å²) >= 11 is 0. The van der Waals surface area contributed by atoms with Crippen LogP contribution in [0.5, 0.6) is 0 Å². The summed E-state index contributed by atoms with van der Waals surface area (Å²) < 4.78 is 26.4. The number of rotatable bonds is 8. The van der Waals surface area contributed by atoms with Crippen molar-refractivity contribution in [3.8, 4) is 0 Å². The number of carboxylic acid groups (broad SMARTS) is 1. The maximum atomic E-state index is 12.4. The molecule has 7 nitrogen and oxygen atoms in total. The van der Waals surface area contributed by atoms with Crippen LogP contribution in [0.4, 0.5) is 0 Å². The van der Waals surface area contributed by atoms with E-state index in [1.165, 1.54) is 9.21 Å². The van der Waals surface area contributed by atoms with Gasteiger partial charge in [-0.2, -0.15) is 4.31 Å². The Morgan fingerprint density at radius 3 is 2.28 bits per heavy atom. The van der Waals surface area contributed by atoms with E-state index >= 15 is 0 Å². The van der Waals surface area contributed by atoms with Gasteiger partial charge in [-0.15, -0.1) is 0 Å². The molecule has 1 aromatic rings. The van der Waals surface area contributed by atoms with Gasteiger partial charge in [-0.05, 0) is 37.0 Å². The molecule has 1 fully saturated rings. The van der Waals surface area contributed by atoms with Crippen LogP contribution in [-0.2, 0) is 26.0 Å². The number of hydrogen-bond donors (Lipinski definition) is 1. The van der Waals surface area contributed by atoms with Crippen molar-refractivity contribution in [2.24, 2.45) is 0 Å². The van der Waals surface area contributed by atoms with Crippen LogP contribution in [0.2, 0.25) is 0 Å². The Balaban J connectivity index is 1.90. The van der Waals surface area contributed by atoms with E-state index in [4.69, 9.17) is 5.11 Å². The van der Waals surface area contributed by atoms with Gasteiger partial charge in [0.2, 0.25) is 15.9 Å². The van der Waals surface area contributed by atoms with Crippen molar-refractivity contribution in [1.82, 2.24) is 9.21 Å². The predicted molar refractivity (Wildman–Crippen MR) is 92.6 cm³/mol. The second kappa shape index (κ2) is 8.44. The Labute approximate surface area is 148 Å². The minimum Gasteiger partial charge on any atom is -0.481 e. The van der Waals surface area contributed by atoms with Crippen molar-refractivity contribution in [1.29, 1.82) is 0 Å². The molecule has 1 amide bonds. The van der Waals surface area contributed by atoms with Gasteiger partial charge in [0.05, 0.1) is 11.3 Å². The lowest BCUT2D eigenvalue weighted by Crippen LogP contribution is -2.29. The Morgan fingerprint density at radius 1 is 1.12 bits per heavy atom. The van der Waals surface area contributed by atoms with Gasteiger partial charge >= 0.3 is 5.97 Å². The van der Waals surface area contributed by atoms with Gasteiger partial charge in [-0.25, -0.2) is 8.42 Å². The number of carboxylic acids is 1. The van der Waals surface area contributed by atoms with E-state index in [0.29, 0.717) is 19.5 Å². The molecule has 1 aliphatic rings. The van der Waals surface area contributed by atoms with Gasteiger partial charge in [0.1, 0.15) is 0 Å². The van der Waals surface area contributed by atoms with Crippen LogP contribution in [0.25, 0.3) is 0 Å². The van der Waals surface area contributed by atoms with Crippen molar-refractivity contribution >= 4 is 21.9 Å². The maximum Gasteiger partial charge on any atom is 0.305 e. The zero-order chi connectivity index (χ0) is 18.4. The van der Waals surface area contributed by atoms with Crippen LogP contribution in [0.3, 0.4) is 0 Å². The van der Waals surface area contributed by atoms with Crippen LogP contribution in [0, 0.1) is 0 Å². The summed E-state index contributed by atoms with van der Waals surface area (Å²) in [6.07, 6.45) is 2.46. The summed E-state index contributed by atoms with van der Waals surface area (Å²) in [4.78, 5) is 24.2. The zero-order valence-electron chi connectivity index (χ0n) is 14.3. The number of nitrogens with zero attached hydrogens (tertiary/aromatic N) is 2. The highest BCUT2D eigenvalue weighted by Crippen LogP contribution is 2.21. The molecule has 8 heteroatoms. The summed E-state index contributed by atoms with van der Waals surface area (Å²) in [6, 6.07) is 6.63. The Bertz CT molecular complexity index is 709. The number of carbonyl (C=O) groups excluding carboxylic acids is 1. The lowest BCUT2D eigenvalue weighted by Gasteiger charge is -2.16. The Morgan fingerprint density at radius 2 is 1.72 bits per heavy atom. The van der Waals surface area contributed by atoms with Gasteiger partial charge in [-0.1, -0.05) is 12.1 Å². The van der Waals surface area contributed by atoms with E-state index in [9.17, 15) is 18.0 Å². The minimum atomic E-state index is -3.41. The molecule has 0 aromatic heterocycles. The van der Waals surface area contributed by atoms with E-state index in [0.717, 1.165) is 18.4 Å². The largest absolute Gasteiger partial charge is 0.481 e. The number of aryl methyl sites for hydroxylation is 1. The van der Waals surface area contributed by atoms with E-state index in [2.05, 4.69) is 0 Å². The number of aliphatic carboxylic acids is 1. The van der Waals surface area contributed by atoms with Crippen molar-refractivity contribution < 1.29 is 23.1 Å². The number of hydrogen-bond acceptors (Lipinski definition) is 4. The molecule has 0 spiro atoms. The molecule has 0 atom stereocenters. The molecule has 1 aliphatic heterocycles. The van der Waals surface area contributed by atoms with E-state index in [-0.39, 0.29) is 30.2 Å². The average Bonchev–Trinajstić information content (AvgIpc) is 3.13. The summed E-state index contributed by atoms with van der Waals surface area (Å²) in [6.45, 7) is 1.32. The lowest BCUT2D eigenvalue weighted by molar-refractivity contribution is -0.138. The topological polar surface area (TPSA) is 95.0 Å². The monoisotopic (exact) mass is 368 g/mol. The summed E-state index contributed by atoms with van der Waals surface area (Å²) in [5.41, 5.74) is 0.875. The SMILES string of the molecule is CN(CCC(=O)O)C(=O)CCc1ccc(S(=O)(=O)N2CCCC2)cc1. The van der Waals surface area contributed by atoms with Gasteiger partial charge in [0.25, 0.3) is 0 Å². The molecular weight excluding hydrogens is 344 g/mol. The molecule has 0 radical (unpaired) electrons. The fourth-order valence-electron chi connectivity index (χ4n) is 2.74. The van der Waals surface area contributed by atoms with E-state index in [1.807, 2.05) is 0 Å². The third-order valence-corrected chi connectivity index (χ3v) is 6.25. The molecule has 25 heavy (non-hydrogen) atoms. The number of carbonyl (C=O) groups is 2. The summed E-state index contributed by atoms with van der Waals surface area (Å²) in [7, 11) is -1.83. The molecule has 138 valence electrons. The van der Waals surface area contributed by atoms with Gasteiger partial charge < -0.3 is 10.0 Å². The van der Waals surface area contributed by atoms with Crippen molar-refractivity contribution in [2.45, 2.75) is 37.0 Å². The number of sulfonamides is 1. The first-order chi connectivity index (χ1) is 11.8. The minimum absolute atomic E-state index is 0.0781. The highest BCUT2D eigenvalue weighted by Gasteiger charge is 2.26. The van der Waals surface area contributed by atoms with Crippen LogP contribution >= 0.6 is 0 Å². The fourth-order valence-corrected chi connectivity index (χ4v) is 4.25. The predicted octanol–water partition coefficient (Wildman–Crippen LogP) is 1.34. The molecule has 0 unspecified atom stereocenters. The molecule has 1 saturated heterocycles. The molecule has 0 bridgehead atoms. The molecule has 1 heterocycles. The first-order valence-electron chi connectivity index (χ1n) is 8.35. The molecule has 1 N–H and O–H groups in total. The van der Waals surface area contributed by atoms with Gasteiger partial charge in [0, 0.05) is 33.1 Å². The molecule has 0 saturated carbocycles. The Kier molecular flexibility index (Phi) is 6.55. The molecule has 2 rings (SSSR count). The van der Waals surface area contributed by atoms with Crippen LogP contribution in [0.1, 0.15) is 31.2 Å². The van der Waals surface area contributed by atoms with Crippen molar-refractivity contribution in [3.63, 3.8) is 0 Å². The number of benzene rings is 1. The molecular formula is C17H24N2O5S. The molecule has 1 aromatic carbocycles. The smallest absolute Gasteiger partial charge is 0.305 e. The highest BCUT2D eigenvalue weighted by atomic mass is 32.2. The van der Waals surface area contributed by atoms with Crippen molar-refractivity contribution in [2.75, 3.05) is 26.7 Å². The summed E-state index contributed by atoms with van der Waals surface area (Å²) in [5, 5.41) is 8.63. The van der Waals surface area contributed by atoms with Crippen LogP contribution in [-0.4, -0.2) is 61.3 Å². The second-order valence-corrected chi connectivity index (χ2v) is 8.15. The molecule has 0 aliphatic carbocycles. The first kappa shape index (κ1) is 19.4. The van der Waals surface area contributed by atoms with E-state index in [1.54, 1.807) is 31.3 Å². The Hall–Kier alpha value is -1.93. The average molecular weight is 368 g/mol. The second-order valence-electron chi connectivity index (χ2n) is 6.21. The van der Waals surface area contributed by atoms with Gasteiger partial charge in [0.15, 0.2) is 0 Å². The summed E-state index contributed by atoms with van der Waals surface area (Å²) in [5.74, 6) is -1.07. The van der Waals surface area contributed by atoms with Crippen LogP contribution in [0.15, 0.2) is 29.2 Å². The van der Waals surface area contributed by atoms with Crippen LogP contribution < -0.4 is 0 Å². The first-order valence-corrected chi connectivity index (χ1v) is 9.79. The van der Waals surface area contributed by atoms with Gasteiger partial charge in [-0.3, -0.25) is 9.59 Å². The lowest BCUT2D eigenvalue weighted by atomic mass is 10.1. The standard InChI is InChI=1S/C17H24N2O5S/c1-18(13-10-17(21)22)16(20)9-6-14-4-7-15(8-5-14)25(23,24)19-11-2-3-12-19/h4-5,7-8H,2-3,6,9-13H2,1H3,(H,21,22). The third-order valence-electron chi connectivity index (χ3n) is 4.34. The number of amides is 1. The quantitative estimate of drug-likeness (QED) is 0.747.